The number of hydrogen-bond donors (Lipinski definition) is 2. The van der Waals surface area contributed by atoms with E-state index in [2.05, 4.69) is 10.3 Å². The Labute approximate surface area is 218 Å². The second-order valence-electron chi connectivity index (χ2n) is 8.35. The summed E-state index contributed by atoms with van der Waals surface area (Å²) in [6.45, 7) is 1.86. The number of nitrogens with one attached hydrogen (secondary N) is 1. The standard InChI is InChI=1S/C27H22ClN3O4S/c1-15-13-16(26(32)33)6-8-18(15)21-10-11-23(35-21)25-24(20-5-3-4-12-29-20)30-27(36)31(25)17-7-9-22(34-2)19(28)14-17/h3-14,24-25H,1-2H3,(H,30,36)(H,32,33)/t24-,25+/m0/s1. The van der Waals surface area contributed by atoms with Gasteiger partial charge in [-0.3, -0.25) is 4.98 Å². The molecule has 0 bridgehead atoms. The molecule has 5 rings (SSSR count). The number of ether oxygens (including phenoxy) is 1. The SMILES string of the molecule is COc1ccc(N2C(=S)N[C@@H](c3ccccn3)[C@H]2c2ccc(-c3ccc(C(=O)O)cc3C)o2)cc1Cl. The summed E-state index contributed by atoms with van der Waals surface area (Å²) in [6.07, 6.45) is 1.74. The van der Waals surface area contributed by atoms with E-state index < -0.39 is 5.97 Å². The molecule has 0 spiro atoms. The number of furan rings is 1. The molecule has 3 heterocycles. The molecule has 1 fully saturated rings. The van der Waals surface area contributed by atoms with E-state index in [1.165, 1.54) is 0 Å². The Kier molecular flexibility index (Phi) is 6.38. The number of aromatic carboxylic acids is 1. The number of halogens is 1. The number of carboxylic acid groups (broad SMARTS) is 1. The van der Waals surface area contributed by atoms with Crippen molar-refractivity contribution in [3.63, 3.8) is 0 Å². The highest BCUT2D eigenvalue weighted by Crippen LogP contribution is 2.44. The predicted octanol–water partition coefficient (Wildman–Crippen LogP) is 6.19. The number of nitrogens with zero attached hydrogens (tertiary/aromatic N) is 2. The van der Waals surface area contributed by atoms with Crippen LogP contribution in [-0.2, 0) is 0 Å². The predicted molar refractivity (Wildman–Crippen MR) is 142 cm³/mol. The summed E-state index contributed by atoms with van der Waals surface area (Å²) in [5.41, 5.74) is 3.43. The molecule has 0 aliphatic carbocycles. The molecule has 0 saturated carbocycles. The van der Waals surface area contributed by atoms with Crippen LogP contribution in [-0.4, -0.2) is 28.3 Å². The Hall–Kier alpha value is -3.88. The number of carboxylic acids is 1. The van der Waals surface area contributed by atoms with Crippen molar-refractivity contribution in [2.24, 2.45) is 0 Å². The molecule has 7 nitrogen and oxygen atoms in total. The van der Waals surface area contributed by atoms with Crippen molar-refractivity contribution in [2.45, 2.75) is 19.0 Å². The summed E-state index contributed by atoms with van der Waals surface area (Å²) in [7, 11) is 1.57. The summed E-state index contributed by atoms with van der Waals surface area (Å²) in [6, 6.07) is 19.3. The first-order valence-electron chi connectivity index (χ1n) is 11.2. The Morgan fingerprint density at radius 3 is 2.67 bits per heavy atom. The monoisotopic (exact) mass is 519 g/mol. The van der Waals surface area contributed by atoms with Crippen molar-refractivity contribution in [3.8, 4) is 17.1 Å². The fraction of sp³-hybridized carbons (Fsp3) is 0.148. The van der Waals surface area contributed by atoms with Crippen LogP contribution < -0.4 is 15.0 Å². The number of carbonyl (C=O) groups is 1. The second kappa shape index (κ2) is 9.64. The minimum Gasteiger partial charge on any atom is -0.495 e. The zero-order valence-electron chi connectivity index (χ0n) is 19.4. The highest BCUT2D eigenvalue weighted by Gasteiger charge is 2.42. The first-order chi connectivity index (χ1) is 17.4. The fourth-order valence-corrected chi connectivity index (χ4v) is 5.05. The zero-order chi connectivity index (χ0) is 25.4. The van der Waals surface area contributed by atoms with Crippen LogP contribution in [0, 0.1) is 6.92 Å². The summed E-state index contributed by atoms with van der Waals surface area (Å²) in [5.74, 6) is 0.894. The van der Waals surface area contributed by atoms with E-state index in [0.717, 1.165) is 22.5 Å². The third-order valence-corrected chi connectivity index (χ3v) is 6.78. The topological polar surface area (TPSA) is 87.8 Å². The summed E-state index contributed by atoms with van der Waals surface area (Å²) < 4.78 is 11.7. The molecule has 2 aromatic heterocycles. The number of aryl methyl sites for hydroxylation is 1. The average Bonchev–Trinajstić information content (AvgIpc) is 3.49. The largest absolute Gasteiger partial charge is 0.495 e. The summed E-state index contributed by atoms with van der Waals surface area (Å²) in [5, 5.41) is 13.7. The van der Waals surface area contributed by atoms with Crippen LogP contribution in [0.15, 0.2) is 77.3 Å². The van der Waals surface area contributed by atoms with Gasteiger partial charge < -0.3 is 24.5 Å². The van der Waals surface area contributed by atoms with Crippen LogP contribution >= 0.6 is 23.8 Å². The molecule has 0 radical (unpaired) electrons. The van der Waals surface area contributed by atoms with Crippen molar-refractivity contribution in [1.29, 1.82) is 0 Å². The minimum absolute atomic E-state index is 0.228. The fourth-order valence-electron chi connectivity index (χ4n) is 4.46. The summed E-state index contributed by atoms with van der Waals surface area (Å²) >= 11 is 12.2. The van der Waals surface area contributed by atoms with Crippen molar-refractivity contribution < 1.29 is 19.1 Å². The Bertz CT molecular complexity index is 1460. The molecule has 1 saturated heterocycles. The molecular weight excluding hydrogens is 498 g/mol. The maximum absolute atomic E-state index is 11.3. The number of benzene rings is 2. The molecular formula is C27H22ClN3O4S. The van der Waals surface area contributed by atoms with Gasteiger partial charge in [-0.2, -0.15) is 0 Å². The number of pyridine rings is 1. The first kappa shape index (κ1) is 23.8. The minimum atomic E-state index is -0.970. The molecule has 2 N–H and O–H groups in total. The van der Waals surface area contributed by atoms with Crippen molar-refractivity contribution >= 4 is 40.6 Å². The van der Waals surface area contributed by atoms with E-state index in [1.54, 1.807) is 43.6 Å². The molecule has 4 aromatic rings. The van der Waals surface area contributed by atoms with Crippen LogP contribution in [0.25, 0.3) is 11.3 Å². The van der Waals surface area contributed by atoms with Gasteiger partial charge in [0.1, 0.15) is 23.3 Å². The van der Waals surface area contributed by atoms with Gasteiger partial charge in [0.25, 0.3) is 0 Å². The van der Waals surface area contributed by atoms with Crippen molar-refractivity contribution in [1.82, 2.24) is 10.3 Å². The van der Waals surface area contributed by atoms with E-state index in [4.69, 9.17) is 33.0 Å². The van der Waals surface area contributed by atoms with E-state index in [0.29, 0.717) is 27.4 Å². The van der Waals surface area contributed by atoms with Crippen LogP contribution in [0.4, 0.5) is 5.69 Å². The lowest BCUT2D eigenvalue weighted by molar-refractivity contribution is 0.0696. The lowest BCUT2D eigenvalue weighted by Gasteiger charge is -2.26. The van der Waals surface area contributed by atoms with Crippen LogP contribution in [0.3, 0.4) is 0 Å². The van der Waals surface area contributed by atoms with Gasteiger partial charge in [-0.25, -0.2) is 4.79 Å². The van der Waals surface area contributed by atoms with Crippen LogP contribution in [0.5, 0.6) is 5.75 Å². The first-order valence-corrected chi connectivity index (χ1v) is 11.9. The molecule has 0 amide bonds. The summed E-state index contributed by atoms with van der Waals surface area (Å²) in [4.78, 5) is 17.9. The Morgan fingerprint density at radius 2 is 2.00 bits per heavy atom. The highest BCUT2D eigenvalue weighted by atomic mass is 35.5. The third-order valence-electron chi connectivity index (χ3n) is 6.17. The van der Waals surface area contributed by atoms with Crippen LogP contribution in [0.2, 0.25) is 5.02 Å². The molecule has 0 unspecified atom stereocenters. The zero-order valence-corrected chi connectivity index (χ0v) is 21.0. The lowest BCUT2D eigenvalue weighted by atomic mass is 10.0. The van der Waals surface area contributed by atoms with Gasteiger partial charge in [0, 0.05) is 17.4 Å². The van der Waals surface area contributed by atoms with E-state index in [1.807, 2.05) is 48.2 Å². The molecule has 2 atom stereocenters. The van der Waals surface area contributed by atoms with Crippen molar-refractivity contribution in [2.75, 3.05) is 12.0 Å². The number of rotatable bonds is 6. The molecule has 182 valence electrons. The molecule has 36 heavy (non-hydrogen) atoms. The molecule has 2 aromatic carbocycles. The van der Waals surface area contributed by atoms with E-state index in [-0.39, 0.29) is 17.6 Å². The number of aromatic nitrogens is 1. The van der Waals surface area contributed by atoms with Gasteiger partial charge in [-0.1, -0.05) is 23.7 Å². The van der Waals surface area contributed by atoms with Gasteiger partial charge in [0.05, 0.1) is 29.4 Å². The van der Waals surface area contributed by atoms with E-state index in [9.17, 15) is 9.90 Å². The van der Waals surface area contributed by atoms with Gasteiger partial charge in [0.15, 0.2) is 5.11 Å². The van der Waals surface area contributed by atoms with Crippen molar-refractivity contribution in [3.05, 3.63) is 101 Å². The average molecular weight is 520 g/mol. The quantitative estimate of drug-likeness (QED) is 0.292. The highest BCUT2D eigenvalue weighted by molar-refractivity contribution is 7.80. The molecule has 1 aliphatic rings. The maximum atomic E-state index is 11.3. The van der Waals surface area contributed by atoms with Gasteiger partial charge in [0.2, 0.25) is 0 Å². The van der Waals surface area contributed by atoms with Crippen LogP contribution in [0.1, 0.15) is 39.5 Å². The number of methoxy groups -OCH3 is 1. The van der Waals surface area contributed by atoms with Gasteiger partial charge in [-0.15, -0.1) is 0 Å². The Balaban J connectivity index is 1.59. The smallest absolute Gasteiger partial charge is 0.335 e. The number of anilines is 1. The number of hydrogen-bond acceptors (Lipinski definition) is 5. The normalized spacial score (nSPS) is 17.2. The lowest BCUT2D eigenvalue weighted by Crippen LogP contribution is -2.29. The van der Waals surface area contributed by atoms with Gasteiger partial charge >= 0.3 is 5.97 Å². The van der Waals surface area contributed by atoms with Gasteiger partial charge in [-0.05, 0) is 79.3 Å². The molecule has 9 heteroatoms. The Morgan fingerprint density at radius 1 is 1.17 bits per heavy atom. The molecule has 1 aliphatic heterocycles. The van der Waals surface area contributed by atoms with E-state index >= 15 is 0 Å². The number of thiocarbonyl (C=S) groups is 1. The third kappa shape index (κ3) is 4.29. The maximum Gasteiger partial charge on any atom is 0.335 e. The second-order valence-corrected chi connectivity index (χ2v) is 9.15.